The molecule has 1 atom stereocenters. The van der Waals surface area contributed by atoms with Gasteiger partial charge in [0, 0.05) is 11.6 Å². The van der Waals surface area contributed by atoms with Crippen LogP contribution in [0.15, 0.2) is 36.4 Å². The fourth-order valence-corrected chi connectivity index (χ4v) is 3.26. The molecule has 5 heteroatoms. The molecule has 1 aliphatic heterocycles. The molecule has 3 aromatic rings. The quantitative estimate of drug-likeness (QED) is 0.688. The Hall–Kier alpha value is -3.00. The van der Waals surface area contributed by atoms with E-state index in [1.54, 1.807) is 0 Å². The van der Waals surface area contributed by atoms with Gasteiger partial charge in [0.15, 0.2) is 5.82 Å². The molecule has 0 N–H and O–H groups in total. The maximum Gasteiger partial charge on any atom is 0.187 e. The Balaban J connectivity index is 1.98. The first-order valence-electron chi connectivity index (χ1n) is 8.10. The van der Waals surface area contributed by atoms with Gasteiger partial charge in [0.2, 0.25) is 0 Å². The molecular weight excluding hydrogens is 298 g/mol. The van der Waals surface area contributed by atoms with Crippen molar-refractivity contribution in [1.82, 2.24) is 19.7 Å². The molecule has 0 bridgehead atoms. The van der Waals surface area contributed by atoms with E-state index >= 15 is 0 Å². The van der Waals surface area contributed by atoms with Gasteiger partial charge in [-0.1, -0.05) is 13.0 Å². The summed E-state index contributed by atoms with van der Waals surface area (Å²) in [7, 11) is 0. The summed E-state index contributed by atoms with van der Waals surface area (Å²) in [5.41, 5.74) is 4.67. The van der Waals surface area contributed by atoms with Crippen molar-refractivity contribution in [3.05, 3.63) is 59.0 Å². The highest BCUT2D eigenvalue weighted by Crippen LogP contribution is 2.33. The van der Waals surface area contributed by atoms with Crippen LogP contribution in [0.1, 0.15) is 41.9 Å². The molecule has 4 rings (SSSR count). The third-order valence-corrected chi connectivity index (χ3v) is 4.54. The lowest BCUT2D eigenvalue weighted by Crippen LogP contribution is -2.05. The van der Waals surface area contributed by atoms with Gasteiger partial charge in [-0.05, 0) is 55.7 Å². The number of hydrogen-bond acceptors (Lipinski definition) is 4. The zero-order chi connectivity index (χ0) is 16.7. The van der Waals surface area contributed by atoms with Crippen LogP contribution in [0.25, 0.3) is 17.2 Å². The molecule has 0 radical (unpaired) electrons. The maximum atomic E-state index is 9.19. The third-order valence-electron chi connectivity index (χ3n) is 4.54. The van der Waals surface area contributed by atoms with Crippen molar-refractivity contribution in [2.45, 2.75) is 32.6 Å². The van der Waals surface area contributed by atoms with Gasteiger partial charge in [-0.2, -0.15) is 5.26 Å². The summed E-state index contributed by atoms with van der Waals surface area (Å²) in [5.74, 6) is 2.01. The van der Waals surface area contributed by atoms with E-state index in [1.807, 2.05) is 43.3 Å². The topological polar surface area (TPSA) is 67.4 Å². The average molecular weight is 315 g/mol. The van der Waals surface area contributed by atoms with Crippen molar-refractivity contribution in [2.75, 3.05) is 0 Å². The SMILES string of the molecule is Cc1cccc(-c2nnc3n2-c2ccc(C#N)cc2CCC3C)n1. The number of aryl methyl sites for hydroxylation is 2. The standard InChI is InChI=1S/C19H17N5/c1-12-6-8-15-10-14(11-20)7-9-17(15)24-18(12)22-23-19(24)16-5-3-4-13(2)21-16/h3-5,7,9-10,12H,6,8H2,1-2H3. The predicted octanol–water partition coefficient (Wildman–Crippen LogP) is 3.56. The fourth-order valence-electron chi connectivity index (χ4n) is 3.26. The van der Waals surface area contributed by atoms with Crippen molar-refractivity contribution in [1.29, 1.82) is 5.26 Å². The van der Waals surface area contributed by atoms with Crippen LogP contribution >= 0.6 is 0 Å². The summed E-state index contributed by atoms with van der Waals surface area (Å²) in [4.78, 5) is 4.61. The first-order chi connectivity index (χ1) is 11.7. The number of pyridine rings is 1. The summed E-state index contributed by atoms with van der Waals surface area (Å²) < 4.78 is 2.11. The molecule has 0 spiro atoms. The van der Waals surface area contributed by atoms with E-state index in [1.165, 1.54) is 0 Å². The van der Waals surface area contributed by atoms with Gasteiger partial charge in [0.1, 0.15) is 11.5 Å². The molecule has 0 amide bonds. The van der Waals surface area contributed by atoms with Crippen LogP contribution < -0.4 is 0 Å². The lowest BCUT2D eigenvalue weighted by Gasteiger charge is -2.12. The number of benzene rings is 1. The molecule has 0 saturated carbocycles. The number of aromatic nitrogens is 4. The zero-order valence-corrected chi connectivity index (χ0v) is 13.7. The third kappa shape index (κ3) is 2.28. The van der Waals surface area contributed by atoms with Crippen molar-refractivity contribution < 1.29 is 0 Å². The summed E-state index contributed by atoms with van der Waals surface area (Å²) in [6.07, 6.45) is 1.91. The molecule has 2 aromatic heterocycles. The number of hydrogen-bond donors (Lipinski definition) is 0. The van der Waals surface area contributed by atoms with Gasteiger partial charge in [-0.15, -0.1) is 10.2 Å². The van der Waals surface area contributed by atoms with Crippen molar-refractivity contribution in [2.24, 2.45) is 0 Å². The van der Waals surface area contributed by atoms with Crippen molar-refractivity contribution >= 4 is 0 Å². The summed E-state index contributed by atoms with van der Waals surface area (Å²) in [6, 6.07) is 14.0. The molecule has 5 nitrogen and oxygen atoms in total. The minimum absolute atomic E-state index is 0.300. The average Bonchev–Trinajstić information content (AvgIpc) is 2.99. The first-order valence-corrected chi connectivity index (χ1v) is 8.10. The maximum absolute atomic E-state index is 9.19. The molecule has 1 unspecified atom stereocenters. The molecule has 1 aliphatic rings. The van der Waals surface area contributed by atoms with E-state index < -0.39 is 0 Å². The number of fused-ring (bicyclic) bond motifs is 3. The lowest BCUT2D eigenvalue weighted by molar-refractivity contribution is 0.644. The van der Waals surface area contributed by atoms with Gasteiger partial charge in [-0.3, -0.25) is 4.57 Å². The lowest BCUT2D eigenvalue weighted by atomic mass is 10.0. The van der Waals surface area contributed by atoms with Crippen LogP contribution in [0.5, 0.6) is 0 Å². The zero-order valence-electron chi connectivity index (χ0n) is 13.7. The largest absolute Gasteiger partial charge is 0.277 e. The first kappa shape index (κ1) is 14.6. The summed E-state index contributed by atoms with van der Waals surface area (Å²) >= 11 is 0. The normalized spacial score (nSPS) is 16.0. The van der Waals surface area contributed by atoms with Gasteiger partial charge in [0.05, 0.1) is 17.3 Å². The fraction of sp³-hybridized carbons (Fsp3) is 0.263. The van der Waals surface area contributed by atoms with Gasteiger partial charge in [-0.25, -0.2) is 4.98 Å². The van der Waals surface area contributed by atoms with Crippen LogP contribution in [0.2, 0.25) is 0 Å². The Morgan fingerprint density at radius 2 is 2.08 bits per heavy atom. The highest BCUT2D eigenvalue weighted by atomic mass is 15.3. The van der Waals surface area contributed by atoms with Crippen LogP contribution in [0.3, 0.4) is 0 Å². The number of nitrogens with zero attached hydrogens (tertiary/aromatic N) is 5. The van der Waals surface area contributed by atoms with Gasteiger partial charge < -0.3 is 0 Å². The molecule has 24 heavy (non-hydrogen) atoms. The van der Waals surface area contributed by atoms with E-state index in [-0.39, 0.29) is 0 Å². The minimum atomic E-state index is 0.300. The smallest absolute Gasteiger partial charge is 0.187 e. The molecule has 118 valence electrons. The summed E-state index contributed by atoms with van der Waals surface area (Å²) in [5, 5.41) is 18.1. The van der Waals surface area contributed by atoms with Gasteiger partial charge >= 0.3 is 0 Å². The number of nitriles is 1. The Bertz CT molecular complexity index is 964. The second-order valence-electron chi connectivity index (χ2n) is 6.28. The summed E-state index contributed by atoms with van der Waals surface area (Å²) in [6.45, 7) is 4.14. The van der Waals surface area contributed by atoms with Crippen LogP contribution in [0, 0.1) is 18.3 Å². The predicted molar refractivity (Wildman–Crippen MR) is 90.8 cm³/mol. The minimum Gasteiger partial charge on any atom is -0.277 e. The molecule has 1 aromatic carbocycles. The van der Waals surface area contributed by atoms with E-state index in [0.717, 1.165) is 47.1 Å². The number of rotatable bonds is 1. The van der Waals surface area contributed by atoms with Gasteiger partial charge in [0.25, 0.3) is 0 Å². The van der Waals surface area contributed by atoms with Crippen molar-refractivity contribution in [3.8, 4) is 23.3 Å². The van der Waals surface area contributed by atoms with E-state index in [9.17, 15) is 5.26 Å². The van der Waals surface area contributed by atoms with Crippen LogP contribution in [-0.4, -0.2) is 19.7 Å². The Kier molecular flexibility index (Phi) is 3.39. The monoisotopic (exact) mass is 315 g/mol. The Labute approximate surface area is 140 Å². The highest BCUT2D eigenvalue weighted by molar-refractivity contribution is 5.58. The molecule has 0 fully saturated rings. The van der Waals surface area contributed by atoms with Crippen LogP contribution in [-0.2, 0) is 6.42 Å². The van der Waals surface area contributed by atoms with E-state index in [0.29, 0.717) is 11.5 Å². The molecular formula is C19H17N5. The molecule has 3 heterocycles. The highest BCUT2D eigenvalue weighted by Gasteiger charge is 2.25. The Morgan fingerprint density at radius 3 is 2.88 bits per heavy atom. The van der Waals surface area contributed by atoms with E-state index in [2.05, 4.69) is 32.7 Å². The molecule has 0 aliphatic carbocycles. The van der Waals surface area contributed by atoms with Crippen molar-refractivity contribution in [3.63, 3.8) is 0 Å². The van der Waals surface area contributed by atoms with Crippen LogP contribution in [0.4, 0.5) is 0 Å². The van der Waals surface area contributed by atoms with E-state index in [4.69, 9.17) is 0 Å². The second kappa shape index (κ2) is 5.57. The molecule has 0 saturated heterocycles. The Morgan fingerprint density at radius 1 is 1.21 bits per heavy atom. The second-order valence-corrected chi connectivity index (χ2v) is 6.28.